The molecule has 1 N–H and O–H groups in total. The number of Topliss-reactive ketones (excluding diaryl/α,β-unsaturated/α-hetero) is 1. The van der Waals surface area contributed by atoms with Gasteiger partial charge in [-0.2, -0.15) is 0 Å². The molecule has 3 atom stereocenters. The van der Waals surface area contributed by atoms with E-state index in [-0.39, 0.29) is 17.6 Å². The van der Waals surface area contributed by atoms with Gasteiger partial charge in [0, 0.05) is 67.6 Å². The van der Waals surface area contributed by atoms with Crippen LogP contribution in [0.25, 0.3) is 23.2 Å². The maximum Gasteiger partial charge on any atom is 0.251 e. The lowest BCUT2D eigenvalue weighted by atomic mass is 9.78. The highest BCUT2D eigenvalue weighted by atomic mass is 16.5. The standard InChI is InChI=1S/C34H43N3O4/c1-22-9-10-25-12-14-29(34(39)35-15-16-40-4)23(2)30(25)21-37(22)20-24-7-6-8-27(17-24)33(38)32-18-26-11-13-28(41-5)19-31(26)36(32)3/h10-14,18-19,21-22,24,27H,6-9,15-17,20H2,1-5H3,(H,35,39). The van der Waals surface area contributed by atoms with E-state index in [1.807, 2.05) is 48.9 Å². The minimum absolute atomic E-state index is 0.0314. The van der Waals surface area contributed by atoms with Gasteiger partial charge in [0.05, 0.1) is 24.9 Å². The van der Waals surface area contributed by atoms with Crippen molar-refractivity contribution in [3.63, 3.8) is 0 Å². The number of hydrogen-bond donors (Lipinski definition) is 1. The van der Waals surface area contributed by atoms with Crippen molar-refractivity contribution in [1.29, 1.82) is 0 Å². The summed E-state index contributed by atoms with van der Waals surface area (Å²) in [4.78, 5) is 29.1. The predicted octanol–water partition coefficient (Wildman–Crippen LogP) is 4.17. The first-order chi connectivity index (χ1) is 19.8. The summed E-state index contributed by atoms with van der Waals surface area (Å²) >= 11 is 0. The molecule has 1 amide bonds. The molecular weight excluding hydrogens is 514 g/mol. The Kier molecular flexibility index (Phi) is 8.83. The molecular formula is C34H43N3O4. The summed E-state index contributed by atoms with van der Waals surface area (Å²) in [6, 6.07) is 12.3. The van der Waals surface area contributed by atoms with Gasteiger partial charge in [-0.25, -0.2) is 0 Å². The Bertz CT molecular complexity index is 1560. The Balaban J connectivity index is 1.34. The van der Waals surface area contributed by atoms with Crippen LogP contribution in [0.15, 0.2) is 36.4 Å². The molecule has 1 fully saturated rings. The van der Waals surface area contributed by atoms with Crippen LogP contribution < -0.4 is 20.5 Å². The second-order valence-electron chi connectivity index (χ2n) is 11.7. The maximum absolute atomic E-state index is 13.8. The largest absolute Gasteiger partial charge is 0.497 e. The Morgan fingerprint density at radius 2 is 1.93 bits per heavy atom. The number of carbonyl (C=O) groups excluding carboxylic acids is 2. The fourth-order valence-electron chi connectivity index (χ4n) is 6.54. The molecule has 2 aromatic carbocycles. The van der Waals surface area contributed by atoms with Crippen molar-refractivity contribution in [3.05, 3.63) is 63.7 Å². The molecule has 2 heterocycles. The van der Waals surface area contributed by atoms with Crippen LogP contribution in [0.5, 0.6) is 5.75 Å². The molecule has 1 aliphatic carbocycles. The third-order valence-electron chi connectivity index (χ3n) is 9.05. The van der Waals surface area contributed by atoms with Gasteiger partial charge in [-0.05, 0) is 80.5 Å². The lowest BCUT2D eigenvalue weighted by molar-refractivity contribution is 0.0841. The molecule has 7 heteroatoms. The zero-order chi connectivity index (χ0) is 29.1. The average molecular weight is 558 g/mol. The molecule has 7 nitrogen and oxygen atoms in total. The SMILES string of the molecule is COCCNC(=O)c1ccc2c(c1C)=CN(CC1CCCC(C(=O)c3cc4ccc(OC)cc4n3C)C1)C(C)CC=2. The molecule has 5 rings (SSSR count). The third kappa shape index (κ3) is 6.05. The van der Waals surface area contributed by atoms with Crippen molar-refractivity contribution in [2.75, 3.05) is 33.9 Å². The van der Waals surface area contributed by atoms with Gasteiger partial charge in [-0.1, -0.05) is 18.6 Å². The van der Waals surface area contributed by atoms with Crippen LogP contribution in [0.3, 0.4) is 0 Å². The van der Waals surface area contributed by atoms with Crippen molar-refractivity contribution in [2.45, 2.75) is 52.0 Å². The first kappa shape index (κ1) is 28.9. The Hall–Kier alpha value is -3.58. The van der Waals surface area contributed by atoms with Gasteiger partial charge in [-0.3, -0.25) is 9.59 Å². The monoisotopic (exact) mass is 557 g/mol. The summed E-state index contributed by atoms with van der Waals surface area (Å²) in [7, 11) is 5.27. The van der Waals surface area contributed by atoms with E-state index < -0.39 is 0 Å². The highest BCUT2D eigenvalue weighted by Crippen LogP contribution is 2.34. The van der Waals surface area contributed by atoms with Crippen LogP contribution in [0.1, 0.15) is 65.4 Å². The minimum atomic E-state index is -0.0694. The fourth-order valence-corrected chi connectivity index (χ4v) is 6.54. The number of nitrogens with zero attached hydrogens (tertiary/aromatic N) is 2. The maximum atomic E-state index is 13.8. The van der Waals surface area contributed by atoms with Crippen LogP contribution >= 0.6 is 0 Å². The van der Waals surface area contributed by atoms with Crippen LogP contribution in [0, 0.1) is 18.8 Å². The van der Waals surface area contributed by atoms with E-state index >= 15 is 0 Å². The van der Waals surface area contributed by atoms with Crippen molar-refractivity contribution in [3.8, 4) is 5.75 Å². The summed E-state index contributed by atoms with van der Waals surface area (Å²) in [6.07, 6.45) is 9.52. The van der Waals surface area contributed by atoms with Crippen LogP contribution in [0.4, 0.5) is 0 Å². The lowest BCUT2D eigenvalue weighted by Gasteiger charge is -2.35. The molecule has 0 radical (unpaired) electrons. The van der Waals surface area contributed by atoms with E-state index in [0.29, 0.717) is 30.7 Å². The summed E-state index contributed by atoms with van der Waals surface area (Å²) in [5, 5.41) is 6.31. The van der Waals surface area contributed by atoms with Crippen molar-refractivity contribution in [1.82, 2.24) is 14.8 Å². The second kappa shape index (κ2) is 12.5. The minimum Gasteiger partial charge on any atom is -0.497 e. The number of benzene rings is 2. The number of fused-ring (bicyclic) bond motifs is 2. The molecule has 3 unspecified atom stereocenters. The van der Waals surface area contributed by atoms with Gasteiger partial charge >= 0.3 is 0 Å². The number of aryl methyl sites for hydroxylation is 1. The topological polar surface area (TPSA) is 72.8 Å². The zero-order valence-electron chi connectivity index (χ0n) is 25.0. The second-order valence-corrected chi connectivity index (χ2v) is 11.7. The number of hydrogen-bond acceptors (Lipinski definition) is 5. The number of aromatic nitrogens is 1. The molecule has 0 spiro atoms. The first-order valence-electron chi connectivity index (χ1n) is 14.8. The normalized spacial score (nSPS) is 20.5. The van der Waals surface area contributed by atoms with E-state index in [2.05, 4.69) is 35.5 Å². The number of amides is 1. The fraction of sp³-hybridized carbons (Fsp3) is 0.471. The first-order valence-corrected chi connectivity index (χ1v) is 14.8. The molecule has 1 aromatic heterocycles. The average Bonchev–Trinajstić information content (AvgIpc) is 3.22. The molecule has 0 bridgehead atoms. The van der Waals surface area contributed by atoms with Gasteiger partial charge < -0.3 is 24.3 Å². The third-order valence-corrected chi connectivity index (χ3v) is 9.05. The molecule has 2 aliphatic rings. The van der Waals surface area contributed by atoms with Crippen molar-refractivity contribution >= 4 is 34.9 Å². The van der Waals surface area contributed by atoms with Crippen LogP contribution in [0.2, 0.25) is 0 Å². The number of ether oxygens (including phenoxy) is 2. The predicted molar refractivity (Wildman–Crippen MR) is 164 cm³/mol. The van der Waals surface area contributed by atoms with Crippen LogP contribution in [-0.2, 0) is 11.8 Å². The van der Waals surface area contributed by atoms with Gasteiger partial charge in [-0.15, -0.1) is 0 Å². The molecule has 3 aromatic rings. The molecule has 41 heavy (non-hydrogen) atoms. The van der Waals surface area contributed by atoms with Gasteiger partial charge in [0.25, 0.3) is 5.91 Å². The highest BCUT2D eigenvalue weighted by molar-refractivity contribution is 6.01. The van der Waals surface area contributed by atoms with Crippen LogP contribution in [-0.4, -0.2) is 61.1 Å². The number of nitrogens with one attached hydrogen (secondary N) is 1. The van der Waals surface area contributed by atoms with E-state index in [0.717, 1.165) is 71.8 Å². The van der Waals surface area contributed by atoms with Crippen molar-refractivity contribution < 1.29 is 19.1 Å². The Morgan fingerprint density at radius 1 is 1.10 bits per heavy atom. The molecule has 1 saturated carbocycles. The van der Waals surface area contributed by atoms with Gasteiger partial charge in [0.1, 0.15) is 5.75 Å². The number of rotatable bonds is 9. The highest BCUT2D eigenvalue weighted by Gasteiger charge is 2.31. The zero-order valence-corrected chi connectivity index (χ0v) is 25.0. The quantitative estimate of drug-likeness (QED) is 0.316. The number of methoxy groups -OCH3 is 2. The summed E-state index contributed by atoms with van der Waals surface area (Å²) in [6.45, 7) is 6.19. The molecule has 218 valence electrons. The summed E-state index contributed by atoms with van der Waals surface area (Å²) in [5.74, 6) is 1.45. The van der Waals surface area contributed by atoms with E-state index in [4.69, 9.17) is 9.47 Å². The number of ketones is 1. The van der Waals surface area contributed by atoms with E-state index in [1.165, 1.54) is 5.22 Å². The Morgan fingerprint density at radius 3 is 2.71 bits per heavy atom. The Labute approximate surface area is 242 Å². The van der Waals surface area contributed by atoms with Gasteiger partial charge in [0.2, 0.25) is 0 Å². The van der Waals surface area contributed by atoms with E-state index in [1.54, 1.807) is 14.2 Å². The summed E-state index contributed by atoms with van der Waals surface area (Å²) in [5.41, 5.74) is 3.50. The number of carbonyl (C=O) groups is 2. The smallest absolute Gasteiger partial charge is 0.251 e. The molecule has 0 saturated heterocycles. The molecule has 1 aliphatic heterocycles. The van der Waals surface area contributed by atoms with Gasteiger partial charge in [0.15, 0.2) is 5.78 Å². The van der Waals surface area contributed by atoms with Crippen molar-refractivity contribution in [2.24, 2.45) is 18.9 Å². The summed E-state index contributed by atoms with van der Waals surface area (Å²) < 4.78 is 12.5. The van der Waals surface area contributed by atoms with E-state index in [9.17, 15) is 9.59 Å². The lowest BCUT2D eigenvalue weighted by Crippen LogP contribution is -2.38.